The number of alkyl halides is 3. The molecule has 0 atom stereocenters. The topological polar surface area (TPSA) is 83.4 Å². The Kier molecular flexibility index (Phi) is 4.89. The number of rotatable bonds is 4. The highest BCUT2D eigenvalue weighted by atomic mass is 19.4. The molecule has 0 radical (unpaired) electrons. The van der Waals surface area contributed by atoms with Gasteiger partial charge in [-0.25, -0.2) is 4.79 Å². The lowest BCUT2D eigenvalue weighted by Gasteiger charge is -2.15. The maximum atomic E-state index is 12.7. The van der Waals surface area contributed by atoms with Gasteiger partial charge < -0.3 is 15.2 Å². The van der Waals surface area contributed by atoms with E-state index in [2.05, 4.69) is 10.6 Å². The number of hydrogen-bond donors (Lipinski definition) is 2. The molecule has 1 aliphatic rings. The van der Waals surface area contributed by atoms with Gasteiger partial charge in [-0.15, -0.1) is 0 Å². The van der Waals surface area contributed by atoms with Gasteiger partial charge in [0.05, 0.1) is 5.56 Å². The summed E-state index contributed by atoms with van der Waals surface area (Å²) in [6, 6.07) is 7.63. The maximum Gasteiger partial charge on any atom is 0.417 e. The first-order valence-corrected chi connectivity index (χ1v) is 7.97. The van der Waals surface area contributed by atoms with Gasteiger partial charge in [0.2, 0.25) is 5.91 Å². The predicted molar refractivity (Wildman–Crippen MR) is 91.5 cm³/mol. The molecule has 2 aromatic rings. The lowest BCUT2D eigenvalue weighted by atomic mass is 10.2. The van der Waals surface area contributed by atoms with Gasteiger partial charge in [-0.05, 0) is 30.3 Å². The maximum absolute atomic E-state index is 12.7. The van der Waals surface area contributed by atoms with Crippen molar-refractivity contribution in [1.82, 2.24) is 9.88 Å². The van der Waals surface area contributed by atoms with Crippen molar-refractivity contribution in [2.24, 2.45) is 0 Å². The van der Waals surface area contributed by atoms with Crippen LogP contribution in [0.1, 0.15) is 5.56 Å². The number of amides is 3. The second-order valence-corrected chi connectivity index (χ2v) is 5.86. The van der Waals surface area contributed by atoms with Gasteiger partial charge in [-0.3, -0.25) is 14.5 Å². The lowest BCUT2D eigenvalue weighted by Crippen LogP contribution is -2.28. The smallest absolute Gasteiger partial charge is 0.336 e. The molecule has 27 heavy (non-hydrogen) atoms. The Balaban J connectivity index is 1.68. The first kappa shape index (κ1) is 18.5. The minimum absolute atomic E-state index is 0.212. The Labute approximate surface area is 151 Å². The molecule has 1 saturated heterocycles. The molecule has 0 bridgehead atoms. The van der Waals surface area contributed by atoms with Crippen molar-refractivity contribution in [3.63, 3.8) is 0 Å². The monoisotopic (exact) mass is 380 g/mol. The Morgan fingerprint density at radius 3 is 2.41 bits per heavy atom. The third-order valence-corrected chi connectivity index (χ3v) is 3.94. The molecule has 142 valence electrons. The van der Waals surface area contributed by atoms with Crippen LogP contribution in [0.25, 0.3) is 0 Å². The summed E-state index contributed by atoms with van der Waals surface area (Å²) in [6.07, 6.45) is -4.00. The molecule has 0 spiro atoms. The van der Waals surface area contributed by atoms with Crippen LogP contribution in [0.4, 0.5) is 29.3 Å². The molecule has 3 rings (SSSR count). The first-order chi connectivity index (χ1) is 12.7. The Bertz CT molecular complexity index is 922. The highest BCUT2D eigenvalue weighted by molar-refractivity contribution is 5.95. The molecule has 10 heteroatoms. The molecular weight excluding hydrogens is 365 g/mol. The zero-order valence-corrected chi connectivity index (χ0v) is 13.9. The summed E-state index contributed by atoms with van der Waals surface area (Å²) >= 11 is 0. The zero-order chi connectivity index (χ0) is 19.6. The highest BCUT2D eigenvalue weighted by Gasteiger charge is 2.31. The van der Waals surface area contributed by atoms with E-state index in [1.807, 2.05) is 0 Å². The van der Waals surface area contributed by atoms with Crippen LogP contribution in [0.3, 0.4) is 0 Å². The molecule has 7 nitrogen and oxygen atoms in total. The second-order valence-electron chi connectivity index (χ2n) is 5.86. The number of halogens is 3. The fourth-order valence-corrected chi connectivity index (χ4v) is 2.62. The molecule has 0 unspecified atom stereocenters. The van der Waals surface area contributed by atoms with E-state index in [0.29, 0.717) is 41.3 Å². The summed E-state index contributed by atoms with van der Waals surface area (Å²) in [6.45, 7) is 0.519. The van der Waals surface area contributed by atoms with Crippen molar-refractivity contribution in [1.29, 1.82) is 0 Å². The molecule has 2 heterocycles. The van der Waals surface area contributed by atoms with Crippen molar-refractivity contribution in [2.75, 3.05) is 23.3 Å². The highest BCUT2D eigenvalue weighted by Crippen LogP contribution is 2.28. The second kappa shape index (κ2) is 7.14. The van der Waals surface area contributed by atoms with Gasteiger partial charge in [0.15, 0.2) is 0 Å². The SMILES string of the molecule is O=C(Cn1cc(C(F)(F)F)ccc1=O)Nc1ccc(N2CCNC2=O)cc1. The normalized spacial score (nSPS) is 14.2. The molecule has 1 aliphatic heterocycles. The van der Waals surface area contributed by atoms with E-state index >= 15 is 0 Å². The lowest BCUT2D eigenvalue weighted by molar-refractivity contribution is -0.138. The number of pyridine rings is 1. The summed E-state index contributed by atoms with van der Waals surface area (Å²) in [5.74, 6) is -0.650. The van der Waals surface area contributed by atoms with Gasteiger partial charge in [0.25, 0.3) is 5.56 Å². The van der Waals surface area contributed by atoms with Crippen LogP contribution in [0, 0.1) is 0 Å². The number of urea groups is 1. The molecule has 3 amide bonds. The van der Waals surface area contributed by atoms with Gasteiger partial charge in [0.1, 0.15) is 6.54 Å². The van der Waals surface area contributed by atoms with Crippen LogP contribution >= 0.6 is 0 Å². The third kappa shape index (κ3) is 4.27. The Morgan fingerprint density at radius 1 is 1.11 bits per heavy atom. The van der Waals surface area contributed by atoms with Crippen LogP contribution in [0.15, 0.2) is 47.4 Å². The fraction of sp³-hybridized carbons (Fsp3) is 0.235. The summed E-state index contributed by atoms with van der Waals surface area (Å²) in [4.78, 5) is 36.9. The van der Waals surface area contributed by atoms with Gasteiger partial charge >= 0.3 is 12.2 Å². The van der Waals surface area contributed by atoms with E-state index in [1.165, 1.54) is 4.90 Å². The Morgan fingerprint density at radius 2 is 1.81 bits per heavy atom. The number of benzene rings is 1. The minimum Gasteiger partial charge on any atom is -0.336 e. The standard InChI is InChI=1S/C17H15F3N4O3/c18-17(19,20)11-1-6-15(26)23(9-11)10-14(25)22-12-2-4-13(5-3-12)24-8-7-21-16(24)27/h1-6,9H,7-8,10H2,(H,21,27)(H,22,25). The van der Waals surface area contributed by atoms with Crippen molar-refractivity contribution in [2.45, 2.75) is 12.7 Å². The van der Waals surface area contributed by atoms with E-state index in [0.717, 1.165) is 6.07 Å². The number of anilines is 2. The number of carbonyl (C=O) groups excluding carboxylic acids is 2. The third-order valence-electron chi connectivity index (χ3n) is 3.94. The number of aromatic nitrogens is 1. The van der Waals surface area contributed by atoms with E-state index in [4.69, 9.17) is 0 Å². The number of carbonyl (C=O) groups is 2. The van der Waals surface area contributed by atoms with Crippen molar-refractivity contribution >= 4 is 23.3 Å². The van der Waals surface area contributed by atoms with E-state index in [1.54, 1.807) is 24.3 Å². The van der Waals surface area contributed by atoms with E-state index in [-0.39, 0.29) is 6.03 Å². The summed E-state index contributed by atoms with van der Waals surface area (Å²) < 4.78 is 38.9. The summed E-state index contributed by atoms with van der Waals surface area (Å²) in [5.41, 5.74) is -0.683. The zero-order valence-electron chi connectivity index (χ0n) is 13.9. The predicted octanol–water partition coefficient (Wildman–Crippen LogP) is 2.04. The van der Waals surface area contributed by atoms with Crippen molar-refractivity contribution in [3.05, 3.63) is 58.5 Å². The molecule has 0 aliphatic carbocycles. The van der Waals surface area contributed by atoms with Crippen LogP contribution in [0.5, 0.6) is 0 Å². The fourth-order valence-electron chi connectivity index (χ4n) is 2.62. The Hall–Kier alpha value is -3.30. The van der Waals surface area contributed by atoms with E-state index in [9.17, 15) is 27.6 Å². The van der Waals surface area contributed by atoms with Gasteiger partial charge in [0, 0.05) is 36.7 Å². The number of nitrogens with one attached hydrogen (secondary N) is 2. The molecule has 1 aromatic heterocycles. The number of hydrogen-bond acceptors (Lipinski definition) is 3. The quantitative estimate of drug-likeness (QED) is 0.852. The van der Waals surface area contributed by atoms with E-state index < -0.39 is 29.8 Å². The largest absolute Gasteiger partial charge is 0.417 e. The van der Waals surface area contributed by atoms with Crippen LogP contribution < -0.4 is 21.1 Å². The summed E-state index contributed by atoms with van der Waals surface area (Å²) in [5, 5.41) is 5.17. The average Bonchev–Trinajstić information content (AvgIpc) is 3.02. The van der Waals surface area contributed by atoms with Gasteiger partial charge in [-0.2, -0.15) is 13.2 Å². The van der Waals surface area contributed by atoms with Crippen LogP contribution in [-0.2, 0) is 17.5 Å². The van der Waals surface area contributed by atoms with Crippen molar-refractivity contribution in [3.8, 4) is 0 Å². The van der Waals surface area contributed by atoms with Crippen LogP contribution in [0.2, 0.25) is 0 Å². The molecule has 2 N–H and O–H groups in total. The first-order valence-electron chi connectivity index (χ1n) is 7.97. The van der Waals surface area contributed by atoms with Crippen molar-refractivity contribution < 1.29 is 22.8 Å². The molecule has 1 fully saturated rings. The molecular formula is C17H15F3N4O3. The van der Waals surface area contributed by atoms with Gasteiger partial charge in [-0.1, -0.05) is 0 Å². The number of nitrogens with zero attached hydrogens (tertiary/aromatic N) is 2. The summed E-state index contributed by atoms with van der Waals surface area (Å²) in [7, 11) is 0. The molecule has 0 saturated carbocycles. The molecule has 1 aromatic carbocycles. The average molecular weight is 380 g/mol. The van der Waals surface area contributed by atoms with Crippen LogP contribution in [-0.4, -0.2) is 29.6 Å². The minimum atomic E-state index is -4.61.